The molecule has 34 heavy (non-hydrogen) atoms. The minimum Gasteiger partial charge on any atom is -0.442 e. The fraction of sp³-hybridized carbons (Fsp3) is 0.364. The first kappa shape index (κ1) is 24.3. The molecule has 2 saturated heterocycles. The summed E-state index contributed by atoms with van der Waals surface area (Å²) in [6.45, 7) is 2.53. The molecule has 1 aliphatic carbocycles. The number of rotatable bonds is 5. The second-order valence-corrected chi connectivity index (χ2v) is 8.64. The number of fused-ring (bicyclic) bond motifs is 1. The first-order valence-corrected chi connectivity index (χ1v) is 10.6. The van der Waals surface area contributed by atoms with Crippen molar-refractivity contribution in [2.24, 2.45) is 17.6 Å². The maximum Gasteiger partial charge on any atom is 0.414 e. The molecule has 3 N–H and O–H groups in total. The number of halogens is 3. The number of ether oxygens (including phenoxy) is 1. The number of hydrogen-bond acceptors (Lipinski definition) is 7. The predicted molar refractivity (Wildman–Crippen MR) is 127 cm³/mol. The molecule has 1 saturated carbocycles. The summed E-state index contributed by atoms with van der Waals surface area (Å²) >= 11 is 0. The smallest absolute Gasteiger partial charge is 0.414 e. The molecule has 0 bridgehead atoms. The number of anilines is 1. The standard InChI is InChI=1S/C22H22FN7O2.2ClH/c23-19-7-14(30-12-15(32-21(30)31)11-29-6-5-27-28-29)2-3-16(19)13-1-4-20(26-8-13)22(24)17-9-25-10-18(17)22;;/h1-8,15,17-18,25H,9-12,24H2;2*1H/t15-,17-,18+,22?;;/m0../s1. The van der Waals surface area contributed by atoms with Crippen molar-refractivity contribution < 1.29 is 13.9 Å². The molecule has 0 radical (unpaired) electrons. The van der Waals surface area contributed by atoms with E-state index in [1.54, 1.807) is 35.4 Å². The predicted octanol–water partition coefficient (Wildman–Crippen LogP) is 2.35. The van der Waals surface area contributed by atoms with Gasteiger partial charge in [0.1, 0.15) is 11.9 Å². The van der Waals surface area contributed by atoms with Crippen LogP contribution in [0.4, 0.5) is 14.9 Å². The number of amides is 1. The van der Waals surface area contributed by atoms with Crippen molar-refractivity contribution in [2.45, 2.75) is 18.2 Å². The Morgan fingerprint density at radius 1 is 1.21 bits per heavy atom. The number of pyridine rings is 1. The van der Waals surface area contributed by atoms with Crippen LogP contribution in [-0.4, -0.2) is 51.8 Å². The third-order valence-electron chi connectivity index (χ3n) is 6.85. The Morgan fingerprint density at radius 2 is 2.00 bits per heavy atom. The average molecular weight is 508 g/mol. The largest absolute Gasteiger partial charge is 0.442 e. The van der Waals surface area contributed by atoms with Crippen LogP contribution in [-0.2, 0) is 16.8 Å². The van der Waals surface area contributed by atoms with E-state index in [-0.39, 0.29) is 36.5 Å². The van der Waals surface area contributed by atoms with Gasteiger partial charge in [-0.15, -0.1) is 29.9 Å². The van der Waals surface area contributed by atoms with Crippen LogP contribution in [0, 0.1) is 17.7 Å². The summed E-state index contributed by atoms with van der Waals surface area (Å²) in [5.41, 5.74) is 8.57. The summed E-state index contributed by atoms with van der Waals surface area (Å²) in [5, 5.41) is 11.0. The van der Waals surface area contributed by atoms with Crippen LogP contribution < -0.4 is 16.0 Å². The van der Waals surface area contributed by atoms with Gasteiger partial charge in [-0.25, -0.2) is 13.9 Å². The van der Waals surface area contributed by atoms with Crippen molar-refractivity contribution in [3.05, 3.63) is 60.4 Å². The van der Waals surface area contributed by atoms with E-state index in [4.69, 9.17) is 10.5 Å². The lowest BCUT2D eigenvalue weighted by Gasteiger charge is -2.16. The van der Waals surface area contributed by atoms with Gasteiger partial charge in [-0.05, 0) is 24.3 Å². The fourth-order valence-electron chi connectivity index (χ4n) is 5.04. The molecule has 1 unspecified atom stereocenters. The molecule has 4 atom stereocenters. The third kappa shape index (κ3) is 3.90. The minimum absolute atomic E-state index is 0. The molecule has 2 aromatic heterocycles. The first-order valence-electron chi connectivity index (χ1n) is 10.6. The second kappa shape index (κ2) is 9.10. The maximum absolute atomic E-state index is 15.0. The van der Waals surface area contributed by atoms with E-state index in [1.807, 2.05) is 12.1 Å². The second-order valence-electron chi connectivity index (χ2n) is 8.64. The van der Waals surface area contributed by atoms with Crippen molar-refractivity contribution in [1.82, 2.24) is 25.3 Å². The van der Waals surface area contributed by atoms with Crippen LogP contribution >= 0.6 is 24.8 Å². The van der Waals surface area contributed by atoms with Crippen LogP contribution in [0.15, 0.2) is 48.9 Å². The van der Waals surface area contributed by atoms with E-state index < -0.39 is 11.9 Å². The molecule has 1 aromatic carbocycles. The molecule has 3 aromatic rings. The summed E-state index contributed by atoms with van der Waals surface area (Å²) in [7, 11) is 0. The Hall–Kier alpha value is -2.79. The normalized spacial score (nSPS) is 26.9. The minimum atomic E-state index is -0.508. The Morgan fingerprint density at radius 3 is 2.65 bits per heavy atom. The van der Waals surface area contributed by atoms with Gasteiger partial charge in [-0.2, -0.15) is 0 Å². The van der Waals surface area contributed by atoms with E-state index in [2.05, 4.69) is 20.6 Å². The molecule has 4 heterocycles. The van der Waals surface area contributed by atoms with Crippen LogP contribution in [0.3, 0.4) is 0 Å². The molecule has 2 aliphatic heterocycles. The van der Waals surface area contributed by atoms with Crippen molar-refractivity contribution in [1.29, 1.82) is 0 Å². The zero-order valence-electron chi connectivity index (χ0n) is 18.0. The van der Waals surface area contributed by atoms with Gasteiger partial charge in [0.05, 0.1) is 36.2 Å². The molecule has 0 spiro atoms. The number of nitrogens with two attached hydrogens (primary N) is 1. The molecule has 3 fully saturated rings. The lowest BCUT2D eigenvalue weighted by atomic mass is 10.0. The molecule has 6 rings (SSSR count). The van der Waals surface area contributed by atoms with Crippen LogP contribution in [0.25, 0.3) is 11.1 Å². The van der Waals surface area contributed by atoms with Gasteiger partial charge in [-0.3, -0.25) is 9.88 Å². The van der Waals surface area contributed by atoms with Crippen molar-refractivity contribution in [2.75, 3.05) is 24.5 Å². The Labute approximate surface area is 207 Å². The highest BCUT2D eigenvalue weighted by atomic mass is 35.5. The molecule has 180 valence electrons. The molecular weight excluding hydrogens is 484 g/mol. The molecule has 12 heteroatoms. The van der Waals surface area contributed by atoms with Crippen molar-refractivity contribution in [3.8, 4) is 11.1 Å². The van der Waals surface area contributed by atoms with E-state index in [0.29, 0.717) is 41.7 Å². The third-order valence-corrected chi connectivity index (χ3v) is 6.85. The number of aromatic nitrogens is 4. The number of benzene rings is 1. The number of carbonyl (C=O) groups excluding carboxylic acids is 1. The van der Waals surface area contributed by atoms with Crippen LogP contribution in [0.5, 0.6) is 0 Å². The quantitative estimate of drug-likeness (QED) is 0.545. The number of piperidine rings is 1. The maximum atomic E-state index is 15.0. The highest BCUT2D eigenvalue weighted by Gasteiger charge is 2.65. The topological polar surface area (TPSA) is 111 Å². The van der Waals surface area contributed by atoms with E-state index in [9.17, 15) is 9.18 Å². The van der Waals surface area contributed by atoms with Gasteiger partial charge in [0, 0.05) is 48.4 Å². The summed E-state index contributed by atoms with van der Waals surface area (Å²) in [6, 6.07) is 8.48. The van der Waals surface area contributed by atoms with Gasteiger partial charge < -0.3 is 15.8 Å². The molecular formula is C22H24Cl2FN7O2. The summed E-state index contributed by atoms with van der Waals surface area (Å²) in [6.07, 6.45) is 4.03. The first-order chi connectivity index (χ1) is 15.5. The lowest BCUT2D eigenvalue weighted by molar-refractivity contribution is 0.129. The molecule has 9 nitrogen and oxygen atoms in total. The molecule has 3 aliphatic rings. The van der Waals surface area contributed by atoms with Crippen LogP contribution in [0.1, 0.15) is 5.69 Å². The van der Waals surface area contributed by atoms with Gasteiger partial charge in [0.15, 0.2) is 0 Å². The van der Waals surface area contributed by atoms with E-state index in [1.165, 1.54) is 11.0 Å². The Bertz CT molecular complexity index is 1170. The van der Waals surface area contributed by atoms with Crippen LogP contribution in [0.2, 0.25) is 0 Å². The highest BCUT2D eigenvalue weighted by Crippen LogP contribution is 2.57. The fourth-order valence-corrected chi connectivity index (χ4v) is 5.04. The summed E-state index contributed by atoms with van der Waals surface area (Å²) < 4.78 is 22.0. The summed E-state index contributed by atoms with van der Waals surface area (Å²) in [5.74, 6) is 0.412. The van der Waals surface area contributed by atoms with Crippen molar-refractivity contribution >= 4 is 36.6 Å². The van der Waals surface area contributed by atoms with Gasteiger partial charge in [0.25, 0.3) is 0 Å². The molecule has 1 amide bonds. The lowest BCUT2D eigenvalue weighted by Crippen LogP contribution is -2.33. The Balaban J connectivity index is 0.00000137. The average Bonchev–Trinajstić information content (AvgIpc) is 3.36. The zero-order valence-corrected chi connectivity index (χ0v) is 19.6. The highest BCUT2D eigenvalue weighted by molar-refractivity contribution is 5.90. The van der Waals surface area contributed by atoms with E-state index in [0.717, 1.165) is 18.8 Å². The number of nitrogens with one attached hydrogen (secondary N) is 1. The van der Waals surface area contributed by atoms with Gasteiger partial charge in [-0.1, -0.05) is 11.3 Å². The monoisotopic (exact) mass is 507 g/mol. The number of nitrogens with zero attached hydrogens (tertiary/aromatic N) is 5. The zero-order chi connectivity index (χ0) is 21.9. The number of hydrogen-bond donors (Lipinski definition) is 2. The summed E-state index contributed by atoms with van der Waals surface area (Å²) in [4.78, 5) is 18.3. The number of carbonyl (C=O) groups is 1. The Kier molecular flexibility index (Phi) is 6.52. The van der Waals surface area contributed by atoms with Crippen molar-refractivity contribution in [3.63, 3.8) is 0 Å². The van der Waals surface area contributed by atoms with Gasteiger partial charge >= 0.3 is 6.09 Å². The van der Waals surface area contributed by atoms with E-state index >= 15 is 0 Å². The SMILES string of the molecule is Cl.Cl.NC1(c2ccc(-c3ccc(N4C[C@H](Cn5ccnn5)OC4=O)cc3F)cn2)[C@@H]2CNC[C@@H]21. The number of cyclic esters (lactones) is 1. The van der Waals surface area contributed by atoms with Gasteiger partial charge in [0.2, 0.25) is 0 Å².